The number of methoxy groups -OCH3 is 1. The topological polar surface area (TPSA) is 41.6 Å². The molecule has 0 bridgehead atoms. The summed E-state index contributed by atoms with van der Waals surface area (Å²) in [5, 5.41) is 3.27. The van der Waals surface area contributed by atoms with Crippen LogP contribution in [0.25, 0.3) is 6.08 Å². The SMILES string of the molecule is COc1ccc(N(CC(C)=Cc2ccccc2)C(=O)Nc2c(C(C)C)cccc2C(C)C)cc1. The Balaban J connectivity index is 1.98. The van der Waals surface area contributed by atoms with E-state index in [-0.39, 0.29) is 6.03 Å². The minimum atomic E-state index is -0.152. The average molecular weight is 457 g/mol. The van der Waals surface area contributed by atoms with Gasteiger partial charge in [-0.05, 0) is 59.7 Å². The molecule has 0 unspecified atom stereocenters. The van der Waals surface area contributed by atoms with Gasteiger partial charge in [-0.2, -0.15) is 0 Å². The second-order valence-corrected chi connectivity index (χ2v) is 9.24. The second kappa shape index (κ2) is 11.6. The van der Waals surface area contributed by atoms with Crippen LogP contribution in [-0.4, -0.2) is 19.7 Å². The number of anilines is 2. The van der Waals surface area contributed by atoms with Gasteiger partial charge in [0.1, 0.15) is 5.75 Å². The minimum Gasteiger partial charge on any atom is -0.497 e. The smallest absolute Gasteiger partial charge is 0.326 e. The average Bonchev–Trinajstić information content (AvgIpc) is 2.83. The molecule has 4 heteroatoms. The first-order valence-electron chi connectivity index (χ1n) is 11.9. The van der Waals surface area contributed by atoms with E-state index in [1.54, 1.807) is 12.0 Å². The van der Waals surface area contributed by atoms with Crippen LogP contribution in [-0.2, 0) is 0 Å². The standard InChI is InChI=1S/C30H36N2O2/c1-21(2)27-13-10-14-28(22(3)4)29(27)31-30(33)32(25-15-17-26(34-6)18-16-25)20-23(5)19-24-11-8-7-9-12-24/h7-19,21-22H,20H2,1-6H3,(H,31,33). The fourth-order valence-electron chi connectivity index (χ4n) is 4.04. The molecule has 0 saturated heterocycles. The molecule has 0 atom stereocenters. The highest BCUT2D eigenvalue weighted by molar-refractivity contribution is 6.03. The maximum absolute atomic E-state index is 13.8. The molecule has 3 aromatic carbocycles. The van der Waals surface area contributed by atoms with Crippen molar-refractivity contribution in [3.8, 4) is 5.75 Å². The van der Waals surface area contributed by atoms with Crippen LogP contribution < -0.4 is 15.0 Å². The molecule has 0 aromatic heterocycles. The van der Waals surface area contributed by atoms with E-state index in [1.165, 1.54) is 0 Å². The van der Waals surface area contributed by atoms with Gasteiger partial charge in [0.05, 0.1) is 7.11 Å². The Labute approximate surface area is 204 Å². The third-order valence-electron chi connectivity index (χ3n) is 5.85. The molecule has 0 heterocycles. The fraction of sp³-hybridized carbons (Fsp3) is 0.300. The lowest BCUT2D eigenvalue weighted by molar-refractivity contribution is 0.257. The van der Waals surface area contributed by atoms with Crippen LogP contribution in [0.15, 0.2) is 78.4 Å². The Morgan fingerprint density at radius 1 is 0.882 bits per heavy atom. The predicted octanol–water partition coefficient (Wildman–Crippen LogP) is 8.08. The van der Waals surface area contributed by atoms with Crippen LogP contribution in [0.5, 0.6) is 5.75 Å². The highest BCUT2D eigenvalue weighted by Crippen LogP contribution is 2.33. The molecule has 0 fully saturated rings. The number of nitrogens with one attached hydrogen (secondary N) is 1. The Bertz CT molecular complexity index is 1090. The molecule has 0 radical (unpaired) electrons. The van der Waals surface area contributed by atoms with Gasteiger partial charge < -0.3 is 10.1 Å². The third kappa shape index (κ3) is 6.28. The molecule has 3 rings (SSSR count). The number of ether oxygens (including phenoxy) is 1. The Morgan fingerprint density at radius 3 is 2.00 bits per heavy atom. The summed E-state index contributed by atoms with van der Waals surface area (Å²) in [6, 6.07) is 23.9. The number of carbonyl (C=O) groups excluding carboxylic acids is 1. The van der Waals surface area contributed by atoms with Crippen LogP contribution >= 0.6 is 0 Å². The summed E-state index contributed by atoms with van der Waals surface area (Å²) < 4.78 is 5.32. The molecule has 4 nitrogen and oxygen atoms in total. The summed E-state index contributed by atoms with van der Waals surface area (Å²) in [4.78, 5) is 15.5. The van der Waals surface area contributed by atoms with Gasteiger partial charge in [0.25, 0.3) is 0 Å². The van der Waals surface area contributed by atoms with E-state index in [0.29, 0.717) is 18.4 Å². The van der Waals surface area contributed by atoms with Crippen molar-refractivity contribution in [2.75, 3.05) is 23.9 Å². The molecule has 0 aliphatic heterocycles. The molecule has 0 saturated carbocycles. The summed E-state index contributed by atoms with van der Waals surface area (Å²) in [5.41, 5.74) is 6.21. The van der Waals surface area contributed by atoms with Gasteiger partial charge in [-0.25, -0.2) is 4.79 Å². The zero-order valence-corrected chi connectivity index (χ0v) is 21.1. The highest BCUT2D eigenvalue weighted by Gasteiger charge is 2.21. The first-order valence-corrected chi connectivity index (χ1v) is 11.9. The molecular weight excluding hydrogens is 420 g/mol. The Kier molecular flexibility index (Phi) is 8.53. The number of rotatable bonds is 8. The van der Waals surface area contributed by atoms with E-state index in [0.717, 1.165) is 39.4 Å². The van der Waals surface area contributed by atoms with E-state index in [9.17, 15) is 4.79 Å². The number of benzene rings is 3. The molecule has 1 N–H and O–H groups in total. The van der Waals surface area contributed by atoms with Crippen LogP contribution in [0.1, 0.15) is 63.1 Å². The summed E-state index contributed by atoms with van der Waals surface area (Å²) in [7, 11) is 1.64. The zero-order chi connectivity index (χ0) is 24.7. The predicted molar refractivity (Wildman–Crippen MR) is 144 cm³/mol. The number of hydrogen-bond donors (Lipinski definition) is 1. The number of urea groups is 1. The van der Waals surface area contributed by atoms with Gasteiger partial charge in [-0.3, -0.25) is 4.90 Å². The lowest BCUT2D eigenvalue weighted by Gasteiger charge is -2.27. The third-order valence-corrected chi connectivity index (χ3v) is 5.85. The summed E-state index contributed by atoms with van der Waals surface area (Å²) in [6.07, 6.45) is 2.12. The van der Waals surface area contributed by atoms with Crippen LogP contribution in [0, 0.1) is 0 Å². The van der Waals surface area contributed by atoms with Crippen molar-refractivity contribution < 1.29 is 9.53 Å². The molecule has 2 amide bonds. The van der Waals surface area contributed by atoms with Crippen LogP contribution in [0.3, 0.4) is 0 Å². The van der Waals surface area contributed by atoms with Crippen molar-refractivity contribution >= 4 is 23.5 Å². The van der Waals surface area contributed by atoms with E-state index < -0.39 is 0 Å². The van der Waals surface area contributed by atoms with Crippen molar-refractivity contribution in [1.82, 2.24) is 0 Å². The normalized spacial score (nSPS) is 11.6. The van der Waals surface area contributed by atoms with Crippen molar-refractivity contribution in [2.24, 2.45) is 0 Å². The molecule has 0 aliphatic rings. The quantitative estimate of drug-likeness (QED) is 0.372. The van der Waals surface area contributed by atoms with E-state index >= 15 is 0 Å². The number of amides is 2. The molecule has 3 aromatic rings. The maximum atomic E-state index is 13.8. The minimum absolute atomic E-state index is 0.152. The van der Waals surface area contributed by atoms with Gasteiger partial charge in [0.2, 0.25) is 0 Å². The highest BCUT2D eigenvalue weighted by atomic mass is 16.5. The van der Waals surface area contributed by atoms with Gasteiger partial charge in [0, 0.05) is 17.9 Å². The zero-order valence-electron chi connectivity index (χ0n) is 21.1. The second-order valence-electron chi connectivity index (χ2n) is 9.24. The summed E-state index contributed by atoms with van der Waals surface area (Å²) in [6.45, 7) is 11.1. The van der Waals surface area contributed by atoms with E-state index in [2.05, 4.69) is 76.3 Å². The molecule has 0 aliphatic carbocycles. The van der Waals surface area contributed by atoms with Gasteiger partial charge in [-0.15, -0.1) is 0 Å². The number of hydrogen-bond acceptors (Lipinski definition) is 2. The molecule has 34 heavy (non-hydrogen) atoms. The van der Waals surface area contributed by atoms with Crippen molar-refractivity contribution in [3.05, 3.63) is 95.1 Å². The molecular formula is C30H36N2O2. The van der Waals surface area contributed by atoms with E-state index in [1.807, 2.05) is 42.5 Å². The lowest BCUT2D eigenvalue weighted by atomic mass is 9.93. The van der Waals surface area contributed by atoms with Gasteiger partial charge in [-0.1, -0.05) is 87.9 Å². The number of para-hydroxylation sites is 1. The summed E-state index contributed by atoms with van der Waals surface area (Å²) >= 11 is 0. The van der Waals surface area contributed by atoms with Crippen molar-refractivity contribution in [2.45, 2.75) is 46.5 Å². The molecule has 0 spiro atoms. The first kappa shape index (κ1) is 25.1. The molecule has 178 valence electrons. The van der Waals surface area contributed by atoms with Crippen LogP contribution in [0.2, 0.25) is 0 Å². The lowest BCUT2D eigenvalue weighted by Crippen LogP contribution is -2.36. The Hall–Kier alpha value is -3.53. The van der Waals surface area contributed by atoms with E-state index in [4.69, 9.17) is 4.74 Å². The van der Waals surface area contributed by atoms with Gasteiger partial charge in [0.15, 0.2) is 0 Å². The fourth-order valence-corrected chi connectivity index (χ4v) is 4.04. The summed E-state index contributed by atoms with van der Waals surface area (Å²) in [5.74, 6) is 1.35. The van der Waals surface area contributed by atoms with Crippen molar-refractivity contribution in [3.63, 3.8) is 0 Å². The van der Waals surface area contributed by atoms with Crippen LogP contribution in [0.4, 0.5) is 16.2 Å². The monoisotopic (exact) mass is 456 g/mol. The van der Waals surface area contributed by atoms with Gasteiger partial charge >= 0.3 is 6.03 Å². The van der Waals surface area contributed by atoms with Crippen molar-refractivity contribution in [1.29, 1.82) is 0 Å². The number of nitrogens with zero attached hydrogens (tertiary/aromatic N) is 1. The maximum Gasteiger partial charge on any atom is 0.326 e. The largest absolute Gasteiger partial charge is 0.497 e. The Morgan fingerprint density at radius 2 is 1.47 bits per heavy atom. The number of carbonyl (C=O) groups is 1. The first-order chi connectivity index (χ1) is 16.3.